The number of carbonyl (C=O) groups excluding carboxylic acids is 2. The van der Waals surface area contributed by atoms with Crippen molar-refractivity contribution < 1.29 is 14.0 Å². The lowest BCUT2D eigenvalue weighted by molar-refractivity contribution is 0.0522. The largest absolute Gasteiger partial charge is 0.339 e. The van der Waals surface area contributed by atoms with Crippen LogP contribution in [0.15, 0.2) is 65.4 Å². The molecule has 33 heavy (non-hydrogen) atoms. The Morgan fingerprint density at radius 3 is 2.48 bits per heavy atom. The van der Waals surface area contributed by atoms with Crippen LogP contribution >= 0.6 is 22.9 Å². The van der Waals surface area contributed by atoms with Crippen LogP contribution < -0.4 is 0 Å². The van der Waals surface area contributed by atoms with Gasteiger partial charge in [-0.25, -0.2) is 4.39 Å². The molecule has 1 fully saturated rings. The van der Waals surface area contributed by atoms with E-state index in [4.69, 9.17) is 11.6 Å². The van der Waals surface area contributed by atoms with Gasteiger partial charge in [0.2, 0.25) is 0 Å². The van der Waals surface area contributed by atoms with Crippen molar-refractivity contribution >= 4 is 34.8 Å². The second kappa shape index (κ2) is 10.5. The molecule has 0 aliphatic carbocycles. The summed E-state index contributed by atoms with van der Waals surface area (Å²) in [7, 11) is 1.88. The van der Waals surface area contributed by atoms with Crippen LogP contribution in [-0.2, 0) is 6.42 Å². The van der Waals surface area contributed by atoms with Crippen LogP contribution in [-0.4, -0.2) is 47.8 Å². The van der Waals surface area contributed by atoms with E-state index in [1.54, 1.807) is 4.90 Å². The molecule has 2 heterocycles. The van der Waals surface area contributed by atoms with Gasteiger partial charge in [0.1, 0.15) is 5.82 Å². The summed E-state index contributed by atoms with van der Waals surface area (Å²) < 4.78 is 13.5. The monoisotopic (exact) mass is 484 g/mol. The van der Waals surface area contributed by atoms with Gasteiger partial charge in [0.25, 0.3) is 11.8 Å². The summed E-state index contributed by atoms with van der Waals surface area (Å²) >= 11 is 7.38. The maximum atomic E-state index is 13.5. The Kier molecular flexibility index (Phi) is 7.46. The molecule has 172 valence electrons. The van der Waals surface area contributed by atoms with Gasteiger partial charge in [0, 0.05) is 37.1 Å². The highest BCUT2D eigenvalue weighted by atomic mass is 35.5. The van der Waals surface area contributed by atoms with Crippen molar-refractivity contribution in [2.75, 3.05) is 20.1 Å². The molecular formula is C26H26ClFN2O2S. The number of carbonyl (C=O) groups is 2. The standard InChI is InChI=1S/C26H26ClFN2O2S/c1-29(25(31)21-11-14-33-17-21)24(15-18-5-3-2-4-6-18)19-9-12-30(13-10-19)26(32)20-7-8-23(28)22(27)16-20/h2-8,11,14,16-17,19,24H,9-10,12-13,15H2,1H3/t24-/m1/s1. The van der Waals surface area contributed by atoms with E-state index in [1.165, 1.54) is 35.1 Å². The Labute approximate surface area is 202 Å². The normalized spacial score (nSPS) is 15.3. The van der Waals surface area contributed by atoms with Crippen molar-refractivity contribution in [3.05, 3.63) is 92.9 Å². The molecular weight excluding hydrogens is 459 g/mol. The number of hydrogen-bond acceptors (Lipinski definition) is 3. The molecule has 0 radical (unpaired) electrons. The first-order valence-corrected chi connectivity index (χ1v) is 12.3. The van der Waals surface area contributed by atoms with Crippen molar-refractivity contribution in [3.63, 3.8) is 0 Å². The first kappa shape index (κ1) is 23.5. The smallest absolute Gasteiger partial charge is 0.254 e. The lowest BCUT2D eigenvalue weighted by Gasteiger charge is -2.40. The number of benzene rings is 2. The van der Waals surface area contributed by atoms with E-state index in [2.05, 4.69) is 12.1 Å². The maximum absolute atomic E-state index is 13.5. The Morgan fingerprint density at radius 1 is 1.12 bits per heavy atom. The van der Waals surface area contributed by atoms with Gasteiger partial charge in [-0.15, -0.1) is 0 Å². The fourth-order valence-electron chi connectivity index (χ4n) is 4.51. The third-order valence-electron chi connectivity index (χ3n) is 6.41. The third kappa shape index (κ3) is 5.45. The Hall–Kier alpha value is -2.70. The van der Waals surface area contributed by atoms with Gasteiger partial charge in [-0.05, 0) is 60.4 Å². The molecule has 1 aromatic heterocycles. The predicted molar refractivity (Wildman–Crippen MR) is 130 cm³/mol. The number of thiophene rings is 1. The highest BCUT2D eigenvalue weighted by Crippen LogP contribution is 2.29. The molecule has 0 unspecified atom stereocenters. The van der Waals surface area contributed by atoms with Gasteiger partial charge in [-0.2, -0.15) is 11.3 Å². The molecule has 4 rings (SSSR count). The average Bonchev–Trinajstić information content (AvgIpc) is 3.39. The van der Waals surface area contributed by atoms with Gasteiger partial charge >= 0.3 is 0 Å². The molecule has 0 saturated carbocycles. The van der Waals surface area contributed by atoms with Crippen LogP contribution in [0.2, 0.25) is 5.02 Å². The Bertz CT molecular complexity index is 1100. The van der Waals surface area contributed by atoms with Gasteiger partial charge in [0.15, 0.2) is 0 Å². The summed E-state index contributed by atoms with van der Waals surface area (Å²) in [6.45, 7) is 1.18. The van der Waals surface area contributed by atoms with E-state index in [-0.39, 0.29) is 28.8 Å². The minimum atomic E-state index is -0.533. The third-order valence-corrected chi connectivity index (χ3v) is 7.38. The van der Waals surface area contributed by atoms with E-state index < -0.39 is 5.82 Å². The fraction of sp³-hybridized carbons (Fsp3) is 0.308. The summed E-state index contributed by atoms with van der Waals surface area (Å²) in [5, 5.41) is 3.75. The number of nitrogens with zero attached hydrogens (tertiary/aromatic N) is 2. The minimum absolute atomic E-state index is 0.0247. The molecule has 1 aliphatic rings. The van der Waals surface area contributed by atoms with Crippen LogP contribution in [0.3, 0.4) is 0 Å². The summed E-state index contributed by atoms with van der Waals surface area (Å²) in [5.41, 5.74) is 2.29. The molecule has 0 N–H and O–H groups in total. The summed E-state index contributed by atoms with van der Waals surface area (Å²) in [6.07, 6.45) is 2.35. The Balaban J connectivity index is 1.48. The number of piperidine rings is 1. The molecule has 1 atom stereocenters. The van der Waals surface area contributed by atoms with Crippen LogP contribution in [0.25, 0.3) is 0 Å². The number of rotatable bonds is 6. The highest BCUT2D eigenvalue weighted by Gasteiger charge is 2.33. The first-order valence-electron chi connectivity index (χ1n) is 11.0. The number of amides is 2. The lowest BCUT2D eigenvalue weighted by Crippen LogP contribution is -2.48. The summed E-state index contributed by atoms with van der Waals surface area (Å²) in [4.78, 5) is 29.7. The number of hydrogen-bond donors (Lipinski definition) is 0. The lowest BCUT2D eigenvalue weighted by atomic mass is 9.84. The fourth-order valence-corrected chi connectivity index (χ4v) is 5.33. The molecule has 0 spiro atoms. The van der Waals surface area contributed by atoms with Crippen LogP contribution in [0.4, 0.5) is 4.39 Å². The van der Waals surface area contributed by atoms with Crippen molar-refractivity contribution in [1.82, 2.24) is 9.80 Å². The van der Waals surface area contributed by atoms with Crippen molar-refractivity contribution in [3.8, 4) is 0 Å². The molecule has 4 nitrogen and oxygen atoms in total. The molecule has 3 aromatic rings. The van der Waals surface area contributed by atoms with Gasteiger partial charge < -0.3 is 9.80 Å². The van der Waals surface area contributed by atoms with Crippen molar-refractivity contribution in [2.24, 2.45) is 5.92 Å². The second-order valence-corrected chi connectivity index (χ2v) is 9.63. The Morgan fingerprint density at radius 2 is 1.85 bits per heavy atom. The summed E-state index contributed by atoms with van der Waals surface area (Å²) in [6, 6.07) is 16.2. The zero-order chi connectivity index (χ0) is 23.4. The van der Waals surface area contributed by atoms with E-state index >= 15 is 0 Å². The molecule has 2 amide bonds. The zero-order valence-corrected chi connectivity index (χ0v) is 20.0. The van der Waals surface area contributed by atoms with Gasteiger partial charge in [0.05, 0.1) is 10.6 Å². The summed E-state index contributed by atoms with van der Waals surface area (Å²) in [5.74, 6) is -0.387. The number of halogens is 2. The van der Waals surface area contributed by atoms with Gasteiger partial charge in [-0.3, -0.25) is 9.59 Å². The van der Waals surface area contributed by atoms with Gasteiger partial charge in [-0.1, -0.05) is 41.9 Å². The van der Waals surface area contributed by atoms with Crippen molar-refractivity contribution in [2.45, 2.75) is 25.3 Å². The number of likely N-dealkylation sites (N-methyl/N-ethyl adjacent to an activating group) is 1. The topological polar surface area (TPSA) is 40.6 Å². The van der Waals surface area contributed by atoms with Crippen LogP contribution in [0.1, 0.15) is 39.1 Å². The molecule has 1 saturated heterocycles. The van der Waals surface area contributed by atoms with Crippen LogP contribution in [0.5, 0.6) is 0 Å². The van der Waals surface area contributed by atoms with E-state index in [9.17, 15) is 14.0 Å². The van der Waals surface area contributed by atoms with Crippen LogP contribution in [0, 0.1) is 11.7 Å². The van der Waals surface area contributed by atoms with Crippen molar-refractivity contribution in [1.29, 1.82) is 0 Å². The predicted octanol–water partition coefficient (Wildman–Crippen LogP) is 5.78. The molecule has 0 bridgehead atoms. The SMILES string of the molecule is CN(C(=O)c1ccsc1)[C@H](Cc1ccccc1)C1CCN(C(=O)c2ccc(F)c(Cl)c2)CC1. The second-order valence-electron chi connectivity index (χ2n) is 8.44. The highest BCUT2D eigenvalue weighted by molar-refractivity contribution is 7.08. The maximum Gasteiger partial charge on any atom is 0.254 e. The minimum Gasteiger partial charge on any atom is -0.339 e. The van der Waals surface area contributed by atoms with E-state index in [0.29, 0.717) is 24.2 Å². The molecule has 7 heteroatoms. The number of likely N-dealkylation sites (tertiary alicyclic amines) is 1. The first-order chi connectivity index (χ1) is 15.9. The molecule has 2 aromatic carbocycles. The van der Waals surface area contributed by atoms with E-state index in [0.717, 1.165) is 19.3 Å². The zero-order valence-electron chi connectivity index (χ0n) is 18.4. The average molecular weight is 485 g/mol. The quantitative estimate of drug-likeness (QED) is 0.445. The van der Waals surface area contributed by atoms with E-state index in [1.807, 2.05) is 47.0 Å². The molecule has 1 aliphatic heterocycles.